The van der Waals surface area contributed by atoms with E-state index in [2.05, 4.69) is 21.8 Å². The summed E-state index contributed by atoms with van der Waals surface area (Å²) in [6.45, 7) is 3.58. The van der Waals surface area contributed by atoms with E-state index >= 15 is 0 Å². The predicted octanol–water partition coefficient (Wildman–Crippen LogP) is 2.30. The molecule has 0 saturated carbocycles. The van der Waals surface area contributed by atoms with E-state index in [1.54, 1.807) is 18.3 Å². The average molecular weight is 259 g/mol. The monoisotopic (exact) mass is 259 g/mol. The molecule has 100 valence electrons. The van der Waals surface area contributed by atoms with Crippen LogP contribution in [0.15, 0.2) is 36.7 Å². The Labute approximate surface area is 112 Å². The van der Waals surface area contributed by atoms with Gasteiger partial charge in [0.05, 0.1) is 19.2 Å². The molecule has 1 aromatic heterocycles. The van der Waals surface area contributed by atoms with Crippen LogP contribution < -0.4 is 5.32 Å². The van der Waals surface area contributed by atoms with Crippen molar-refractivity contribution in [2.45, 2.75) is 20.0 Å². The number of aromatic nitrogens is 2. The highest BCUT2D eigenvalue weighted by Crippen LogP contribution is 2.12. The molecule has 5 heteroatoms. The zero-order valence-corrected chi connectivity index (χ0v) is 11.1. The number of nitrogens with zero attached hydrogens (tertiary/aromatic N) is 2. The molecule has 0 spiro atoms. The fourth-order valence-electron chi connectivity index (χ4n) is 1.85. The summed E-state index contributed by atoms with van der Waals surface area (Å²) in [6.07, 6.45) is 3.73. The van der Waals surface area contributed by atoms with Gasteiger partial charge < -0.3 is 14.6 Å². The molecule has 0 bridgehead atoms. The van der Waals surface area contributed by atoms with Crippen molar-refractivity contribution >= 4 is 11.7 Å². The van der Waals surface area contributed by atoms with Crippen LogP contribution >= 0.6 is 0 Å². The molecule has 19 heavy (non-hydrogen) atoms. The predicted molar refractivity (Wildman–Crippen MR) is 73.0 cm³/mol. The van der Waals surface area contributed by atoms with Crippen LogP contribution in [-0.4, -0.2) is 22.6 Å². The maximum absolute atomic E-state index is 11.4. The van der Waals surface area contributed by atoms with Gasteiger partial charge in [-0.25, -0.2) is 9.78 Å². The molecule has 0 aliphatic carbocycles. The maximum Gasteiger partial charge on any atom is 0.337 e. The normalized spacial score (nSPS) is 10.2. The molecule has 0 aliphatic rings. The van der Waals surface area contributed by atoms with Crippen LogP contribution in [0.25, 0.3) is 0 Å². The lowest BCUT2D eigenvalue weighted by atomic mass is 10.2. The van der Waals surface area contributed by atoms with E-state index in [0.29, 0.717) is 12.1 Å². The van der Waals surface area contributed by atoms with Gasteiger partial charge >= 0.3 is 5.97 Å². The average Bonchev–Trinajstić information content (AvgIpc) is 2.92. The quantitative estimate of drug-likeness (QED) is 0.837. The highest BCUT2D eigenvalue weighted by molar-refractivity contribution is 5.90. The summed E-state index contributed by atoms with van der Waals surface area (Å²) in [5.41, 5.74) is 1.40. The SMILES string of the molecule is CCn1ccnc1CNc1cccc(C(=O)OC)c1. The van der Waals surface area contributed by atoms with Crippen LogP contribution in [0.5, 0.6) is 0 Å². The number of methoxy groups -OCH3 is 1. The van der Waals surface area contributed by atoms with E-state index in [-0.39, 0.29) is 5.97 Å². The second-order valence-corrected chi connectivity index (χ2v) is 4.06. The number of hydrogen-bond acceptors (Lipinski definition) is 4. The lowest BCUT2D eigenvalue weighted by molar-refractivity contribution is 0.0601. The number of imidazole rings is 1. The second-order valence-electron chi connectivity index (χ2n) is 4.06. The van der Waals surface area contributed by atoms with Crippen LogP contribution in [0.4, 0.5) is 5.69 Å². The Bertz CT molecular complexity index is 563. The van der Waals surface area contributed by atoms with Gasteiger partial charge in [0.2, 0.25) is 0 Å². The first-order valence-electron chi connectivity index (χ1n) is 6.17. The summed E-state index contributed by atoms with van der Waals surface area (Å²) in [6, 6.07) is 7.22. The number of benzene rings is 1. The highest BCUT2D eigenvalue weighted by atomic mass is 16.5. The number of aryl methyl sites for hydroxylation is 1. The topological polar surface area (TPSA) is 56.2 Å². The number of anilines is 1. The molecule has 0 atom stereocenters. The van der Waals surface area contributed by atoms with Crippen LogP contribution in [0.2, 0.25) is 0 Å². The van der Waals surface area contributed by atoms with Gasteiger partial charge in [0.25, 0.3) is 0 Å². The Balaban J connectivity index is 2.05. The van der Waals surface area contributed by atoms with Crippen molar-refractivity contribution in [2.75, 3.05) is 12.4 Å². The van der Waals surface area contributed by atoms with Crippen LogP contribution in [0, 0.1) is 0 Å². The Morgan fingerprint density at radius 1 is 1.47 bits per heavy atom. The molecule has 0 amide bonds. The summed E-state index contributed by atoms with van der Waals surface area (Å²) in [7, 11) is 1.38. The van der Waals surface area contributed by atoms with Crippen LogP contribution in [0.1, 0.15) is 23.1 Å². The van der Waals surface area contributed by atoms with E-state index in [9.17, 15) is 4.79 Å². The number of hydrogen-bond donors (Lipinski definition) is 1. The van der Waals surface area contributed by atoms with Gasteiger partial charge in [-0.15, -0.1) is 0 Å². The molecule has 2 rings (SSSR count). The molecule has 0 fully saturated rings. The van der Waals surface area contributed by atoms with Crippen molar-refractivity contribution < 1.29 is 9.53 Å². The lowest BCUT2D eigenvalue weighted by Crippen LogP contribution is -2.08. The molecular weight excluding hydrogens is 242 g/mol. The van der Waals surface area contributed by atoms with Crippen molar-refractivity contribution in [3.05, 3.63) is 48.0 Å². The molecule has 0 aliphatic heterocycles. The van der Waals surface area contributed by atoms with Crippen molar-refractivity contribution in [3.8, 4) is 0 Å². The van der Waals surface area contributed by atoms with Gasteiger partial charge in [-0.1, -0.05) is 6.07 Å². The van der Waals surface area contributed by atoms with Gasteiger partial charge in [0, 0.05) is 24.6 Å². The number of rotatable bonds is 5. The third-order valence-corrected chi connectivity index (χ3v) is 2.88. The first-order valence-corrected chi connectivity index (χ1v) is 6.17. The first-order chi connectivity index (χ1) is 9.24. The van der Waals surface area contributed by atoms with E-state index in [4.69, 9.17) is 4.74 Å². The molecule has 0 radical (unpaired) electrons. The molecule has 5 nitrogen and oxygen atoms in total. The fraction of sp³-hybridized carbons (Fsp3) is 0.286. The molecule has 1 aromatic carbocycles. The smallest absolute Gasteiger partial charge is 0.337 e. The van der Waals surface area contributed by atoms with Crippen LogP contribution in [-0.2, 0) is 17.8 Å². The standard InChI is InChI=1S/C14H17N3O2/c1-3-17-8-7-15-13(17)10-16-12-6-4-5-11(9-12)14(18)19-2/h4-9,16H,3,10H2,1-2H3. The minimum atomic E-state index is -0.335. The molecule has 0 saturated heterocycles. The summed E-state index contributed by atoms with van der Waals surface area (Å²) in [4.78, 5) is 15.7. The van der Waals surface area contributed by atoms with E-state index in [0.717, 1.165) is 18.1 Å². The second kappa shape index (κ2) is 6.04. The number of carbonyl (C=O) groups is 1. The zero-order chi connectivity index (χ0) is 13.7. The molecule has 1 N–H and O–H groups in total. The Morgan fingerprint density at radius 3 is 3.05 bits per heavy atom. The number of ether oxygens (including phenoxy) is 1. The zero-order valence-electron chi connectivity index (χ0n) is 11.1. The maximum atomic E-state index is 11.4. The van der Waals surface area contributed by atoms with Gasteiger partial charge in [-0.05, 0) is 25.1 Å². The van der Waals surface area contributed by atoms with E-state index in [1.165, 1.54) is 7.11 Å². The number of carbonyl (C=O) groups excluding carboxylic acids is 1. The minimum absolute atomic E-state index is 0.335. The third-order valence-electron chi connectivity index (χ3n) is 2.88. The number of nitrogens with one attached hydrogen (secondary N) is 1. The fourth-order valence-corrected chi connectivity index (χ4v) is 1.85. The van der Waals surface area contributed by atoms with Crippen molar-refractivity contribution in [1.82, 2.24) is 9.55 Å². The third kappa shape index (κ3) is 3.13. The Hall–Kier alpha value is -2.30. The summed E-state index contributed by atoms with van der Waals surface area (Å²) >= 11 is 0. The summed E-state index contributed by atoms with van der Waals surface area (Å²) < 4.78 is 6.76. The molecule has 0 unspecified atom stereocenters. The van der Waals surface area contributed by atoms with Crippen LogP contribution in [0.3, 0.4) is 0 Å². The first kappa shape index (κ1) is 13.1. The largest absolute Gasteiger partial charge is 0.465 e. The Kier molecular flexibility index (Phi) is 4.18. The van der Waals surface area contributed by atoms with Gasteiger partial charge in [-0.3, -0.25) is 0 Å². The molecule has 2 aromatic rings. The van der Waals surface area contributed by atoms with Crippen molar-refractivity contribution in [3.63, 3.8) is 0 Å². The van der Waals surface area contributed by atoms with Crippen molar-refractivity contribution in [2.24, 2.45) is 0 Å². The van der Waals surface area contributed by atoms with E-state index < -0.39 is 0 Å². The van der Waals surface area contributed by atoms with E-state index in [1.807, 2.05) is 18.3 Å². The number of esters is 1. The molecular formula is C14H17N3O2. The minimum Gasteiger partial charge on any atom is -0.465 e. The van der Waals surface area contributed by atoms with Gasteiger partial charge in [0.15, 0.2) is 0 Å². The summed E-state index contributed by atoms with van der Waals surface area (Å²) in [5.74, 6) is 0.629. The van der Waals surface area contributed by atoms with Crippen molar-refractivity contribution in [1.29, 1.82) is 0 Å². The Morgan fingerprint density at radius 2 is 2.32 bits per heavy atom. The molecule has 1 heterocycles. The summed E-state index contributed by atoms with van der Waals surface area (Å²) in [5, 5.41) is 3.25. The highest BCUT2D eigenvalue weighted by Gasteiger charge is 2.06. The lowest BCUT2D eigenvalue weighted by Gasteiger charge is -2.09. The van der Waals surface area contributed by atoms with Gasteiger partial charge in [-0.2, -0.15) is 0 Å². The van der Waals surface area contributed by atoms with Gasteiger partial charge in [0.1, 0.15) is 5.82 Å².